The van der Waals surface area contributed by atoms with E-state index in [1.54, 1.807) is 0 Å². The van der Waals surface area contributed by atoms with E-state index < -0.39 is 0 Å². The molecule has 1 aliphatic heterocycles. The second-order valence-corrected chi connectivity index (χ2v) is 5.95. The van der Waals surface area contributed by atoms with E-state index in [-0.39, 0.29) is 12.0 Å². The first kappa shape index (κ1) is 14.1. The van der Waals surface area contributed by atoms with Gasteiger partial charge in [0.15, 0.2) is 6.10 Å². The molecule has 0 spiro atoms. The monoisotopic (exact) mass is 392 g/mol. The minimum absolute atomic E-state index is 0.177. The van der Waals surface area contributed by atoms with Gasteiger partial charge < -0.3 is 10.2 Å². The number of hydrogen-bond donors (Lipinski definition) is 1. The van der Waals surface area contributed by atoms with Crippen LogP contribution in [0.2, 0.25) is 0 Å². The lowest BCUT2D eigenvalue weighted by molar-refractivity contribution is -0.110. The summed E-state index contributed by atoms with van der Waals surface area (Å²) in [5, 5.41) is 6.74. The SMILES string of the molecule is O=C(Nc1ccc(I)cc1)C1=NOC(c2ccccc2)C1. The maximum atomic E-state index is 12.2. The van der Waals surface area contributed by atoms with Gasteiger partial charge in [-0.25, -0.2) is 0 Å². The van der Waals surface area contributed by atoms with Crippen molar-refractivity contribution in [2.24, 2.45) is 5.16 Å². The molecule has 1 N–H and O–H groups in total. The molecule has 4 nitrogen and oxygen atoms in total. The Balaban J connectivity index is 1.63. The second kappa shape index (κ2) is 6.26. The predicted octanol–water partition coefficient (Wildman–Crippen LogP) is 3.75. The van der Waals surface area contributed by atoms with Gasteiger partial charge in [-0.1, -0.05) is 35.5 Å². The molecular weight excluding hydrogens is 379 g/mol. The van der Waals surface area contributed by atoms with E-state index in [1.165, 1.54) is 0 Å². The predicted molar refractivity (Wildman–Crippen MR) is 90.1 cm³/mol. The van der Waals surface area contributed by atoms with Crippen molar-refractivity contribution in [1.29, 1.82) is 0 Å². The molecule has 3 rings (SSSR count). The van der Waals surface area contributed by atoms with Crippen LogP contribution in [-0.2, 0) is 9.63 Å². The summed E-state index contributed by atoms with van der Waals surface area (Å²) in [4.78, 5) is 17.5. The minimum atomic E-state index is -0.213. The third kappa shape index (κ3) is 3.41. The molecule has 0 radical (unpaired) electrons. The van der Waals surface area contributed by atoms with Crippen LogP contribution in [0, 0.1) is 3.57 Å². The van der Waals surface area contributed by atoms with Gasteiger partial charge in [-0.3, -0.25) is 4.79 Å². The van der Waals surface area contributed by atoms with Crippen LogP contribution in [0.25, 0.3) is 0 Å². The fourth-order valence-electron chi connectivity index (χ4n) is 2.09. The fraction of sp³-hybridized carbons (Fsp3) is 0.125. The van der Waals surface area contributed by atoms with E-state index in [1.807, 2.05) is 54.6 Å². The standard InChI is InChI=1S/C16H13IN2O2/c17-12-6-8-13(9-7-12)18-16(20)14-10-15(21-19-14)11-4-2-1-3-5-11/h1-9,15H,10H2,(H,18,20). The molecule has 0 bridgehead atoms. The summed E-state index contributed by atoms with van der Waals surface area (Å²) in [6, 6.07) is 17.4. The van der Waals surface area contributed by atoms with Crippen molar-refractivity contribution in [3.8, 4) is 0 Å². The van der Waals surface area contributed by atoms with Crippen LogP contribution < -0.4 is 5.32 Å². The molecule has 0 aromatic heterocycles. The Labute approximate surface area is 136 Å². The van der Waals surface area contributed by atoms with Crippen LogP contribution in [0.1, 0.15) is 18.1 Å². The van der Waals surface area contributed by atoms with Gasteiger partial charge >= 0.3 is 0 Å². The molecule has 0 saturated heterocycles. The molecule has 0 saturated carbocycles. The molecule has 1 aliphatic rings. The zero-order valence-electron chi connectivity index (χ0n) is 11.1. The molecule has 0 aliphatic carbocycles. The Morgan fingerprint density at radius 3 is 2.57 bits per heavy atom. The van der Waals surface area contributed by atoms with Crippen molar-refractivity contribution in [2.75, 3.05) is 5.32 Å². The Hall–Kier alpha value is -1.89. The summed E-state index contributed by atoms with van der Waals surface area (Å²) in [6.07, 6.45) is 0.309. The first-order valence-corrected chi connectivity index (χ1v) is 7.65. The molecule has 0 fully saturated rings. The van der Waals surface area contributed by atoms with Crippen molar-refractivity contribution in [1.82, 2.24) is 0 Å². The van der Waals surface area contributed by atoms with Crippen LogP contribution in [0.5, 0.6) is 0 Å². The summed E-state index contributed by atoms with van der Waals surface area (Å²) in [5.74, 6) is -0.213. The average molecular weight is 392 g/mol. The minimum Gasteiger partial charge on any atom is -0.387 e. The topological polar surface area (TPSA) is 50.7 Å². The molecular formula is C16H13IN2O2. The van der Waals surface area contributed by atoms with Crippen molar-refractivity contribution < 1.29 is 9.63 Å². The number of halogens is 1. The summed E-state index contributed by atoms with van der Waals surface area (Å²) < 4.78 is 1.12. The highest BCUT2D eigenvalue weighted by molar-refractivity contribution is 14.1. The van der Waals surface area contributed by atoms with E-state index in [2.05, 4.69) is 33.1 Å². The largest absolute Gasteiger partial charge is 0.387 e. The van der Waals surface area contributed by atoms with Gasteiger partial charge in [0, 0.05) is 15.7 Å². The number of nitrogens with one attached hydrogen (secondary N) is 1. The number of benzene rings is 2. The lowest BCUT2D eigenvalue weighted by Gasteiger charge is -2.07. The molecule has 21 heavy (non-hydrogen) atoms. The van der Waals surface area contributed by atoms with Gasteiger partial charge in [-0.15, -0.1) is 0 Å². The Kier molecular flexibility index (Phi) is 4.19. The third-order valence-corrected chi connectivity index (χ3v) is 3.92. The normalized spacial score (nSPS) is 17.0. The van der Waals surface area contributed by atoms with E-state index in [9.17, 15) is 4.79 Å². The number of oxime groups is 1. The molecule has 1 unspecified atom stereocenters. The highest BCUT2D eigenvalue weighted by atomic mass is 127. The summed E-state index contributed by atoms with van der Waals surface area (Å²) in [6.45, 7) is 0. The van der Waals surface area contributed by atoms with Crippen molar-refractivity contribution in [3.63, 3.8) is 0 Å². The van der Waals surface area contributed by atoms with Gasteiger partial charge in [-0.05, 0) is 52.4 Å². The maximum Gasteiger partial charge on any atom is 0.273 e. The van der Waals surface area contributed by atoms with Gasteiger partial charge in [-0.2, -0.15) is 0 Å². The molecule has 106 valence electrons. The van der Waals surface area contributed by atoms with E-state index in [0.29, 0.717) is 12.1 Å². The van der Waals surface area contributed by atoms with Gasteiger partial charge in [0.25, 0.3) is 5.91 Å². The van der Waals surface area contributed by atoms with Gasteiger partial charge in [0.2, 0.25) is 0 Å². The Morgan fingerprint density at radius 2 is 1.86 bits per heavy atom. The van der Waals surface area contributed by atoms with Crippen LogP contribution in [0.4, 0.5) is 5.69 Å². The quantitative estimate of drug-likeness (QED) is 0.810. The van der Waals surface area contributed by atoms with Crippen molar-refractivity contribution >= 4 is 39.9 Å². The lowest BCUT2D eigenvalue weighted by atomic mass is 10.0. The van der Waals surface area contributed by atoms with Crippen LogP contribution in [-0.4, -0.2) is 11.6 Å². The number of carbonyl (C=O) groups excluding carboxylic acids is 1. The fourth-order valence-corrected chi connectivity index (χ4v) is 2.45. The number of hydrogen-bond acceptors (Lipinski definition) is 3. The van der Waals surface area contributed by atoms with E-state index >= 15 is 0 Å². The Bertz CT molecular complexity index is 668. The number of nitrogens with zero attached hydrogens (tertiary/aromatic N) is 1. The van der Waals surface area contributed by atoms with E-state index in [4.69, 9.17) is 4.84 Å². The molecule has 1 heterocycles. The smallest absolute Gasteiger partial charge is 0.273 e. The molecule has 2 aromatic carbocycles. The number of rotatable bonds is 3. The van der Waals surface area contributed by atoms with Crippen LogP contribution in [0.3, 0.4) is 0 Å². The van der Waals surface area contributed by atoms with E-state index in [0.717, 1.165) is 14.8 Å². The maximum absolute atomic E-state index is 12.2. The number of anilines is 1. The average Bonchev–Trinajstić information content (AvgIpc) is 3.00. The summed E-state index contributed by atoms with van der Waals surface area (Å²) >= 11 is 2.22. The molecule has 1 atom stereocenters. The van der Waals surface area contributed by atoms with Crippen LogP contribution >= 0.6 is 22.6 Å². The Morgan fingerprint density at radius 1 is 1.14 bits per heavy atom. The zero-order chi connectivity index (χ0) is 14.7. The number of carbonyl (C=O) groups is 1. The second-order valence-electron chi connectivity index (χ2n) is 4.71. The molecule has 5 heteroatoms. The number of amides is 1. The zero-order valence-corrected chi connectivity index (χ0v) is 13.3. The van der Waals surface area contributed by atoms with Gasteiger partial charge in [0.05, 0.1) is 0 Å². The van der Waals surface area contributed by atoms with Crippen molar-refractivity contribution in [2.45, 2.75) is 12.5 Å². The first-order valence-electron chi connectivity index (χ1n) is 6.57. The first-order chi connectivity index (χ1) is 10.2. The summed E-state index contributed by atoms with van der Waals surface area (Å²) in [5.41, 5.74) is 2.20. The highest BCUT2D eigenvalue weighted by Crippen LogP contribution is 2.27. The molecule has 1 amide bonds. The van der Waals surface area contributed by atoms with Crippen molar-refractivity contribution in [3.05, 3.63) is 63.7 Å². The lowest BCUT2D eigenvalue weighted by Crippen LogP contribution is -2.21. The van der Waals surface area contributed by atoms with Gasteiger partial charge in [0.1, 0.15) is 5.71 Å². The molecule has 2 aromatic rings. The van der Waals surface area contributed by atoms with Crippen LogP contribution in [0.15, 0.2) is 59.8 Å². The third-order valence-electron chi connectivity index (χ3n) is 3.20. The highest BCUT2D eigenvalue weighted by Gasteiger charge is 2.27. The summed E-state index contributed by atoms with van der Waals surface area (Å²) in [7, 11) is 0.